The van der Waals surface area contributed by atoms with E-state index in [1.165, 1.54) is 22.1 Å². The fourth-order valence-corrected chi connectivity index (χ4v) is 16.3. The van der Waals surface area contributed by atoms with Crippen molar-refractivity contribution in [3.63, 3.8) is 0 Å². The zero-order chi connectivity index (χ0) is 74.0. The van der Waals surface area contributed by atoms with Gasteiger partial charge in [-0.2, -0.15) is 0 Å². The Hall–Kier alpha value is -15.1. The Labute approximate surface area is 647 Å². The number of benzene rings is 15. The topological polar surface area (TPSA) is 115 Å². The van der Waals surface area contributed by atoms with Crippen molar-refractivity contribution >= 4 is 79.0 Å². The highest BCUT2D eigenvalue weighted by atomic mass is 15.2. The number of aromatic nitrogens is 9. The number of hydrogen-bond donors (Lipinski definition) is 0. The largest absolute Gasteiger partial charge is 0.311 e. The number of fused-ring (bicyclic) bond motifs is 7. The van der Waals surface area contributed by atoms with Gasteiger partial charge in [-0.25, -0.2) is 39.9 Å². The van der Waals surface area contributed by atoms with E-state index in [-0.39, 0.29) is 6.71 Å². The Morgan fingerprint density at radius 1 is 0.205 bits per heavy atom. The molecule has 4 aromatic heterocycles. The van der Waals surface area contributed by atoms with Crippen molar-refractivity contribution in [3.05, 3.63) is 388 Å². The maximum absolute atomic E-state index is 5.45. The van der Waals surface area contributed by atoms with E-state index >= 15 is 0 Å². The third-order valence-electron chi connectivity index (χ3n) is 21.5. The SMILES string of the molecule is c1ccc(-c2cc(-c3ccccc3)nc(-c3ccc(-n4c5ccc(-c6nc(-c7ccccc7)nc(-c7ccccc7)n6)cc5c5cc(-c6nc(-c7ccccc7)nc(-c7ccccc7)n6)ccc54)c(-c4ccc(-c5ccc6c7c5N(c5ccccc5)c5ccccc5B7c5ccccc5N6c5ccccc5)cc4)c3)n2)cc1. The first-order chi connectivity index (χ1) is 55.5. The molecule has 0 aliphatic carbocycles. The summed E-state index contributed by atoms with van der Waals surface area (Å²) in [6, 6.07) is 137. The van der Waals surface area contributed by atoms with Gasteiger partial charge in [0.25, 0.3) is 6.71 Å². The van der Waals surface area contributed by atoms with Crippen molar-refractivity contribution in [2.45, 2.75) is 0 Å². The van der Waals surface area contributed by atoms with E-state index in [4.69, 9.17) is 39.9 Å². The summed E-state index contributed by atoms with van der Waals surface area (Å²) >= 11 is 0. The normalized spacial score (nSPS) is 12.1. The lowest BCUT2D eigenvalue weighted by atomic mass is 9.33. The van der Waals surface area contributed by atoms with Crippen LogP contribution in [0.3, 0.4) is 0 Å². The number of nitrogens with zero attached hydrogens (tertiary/aromatic N) is 11. The monoisotopic (exact) mass is 1430 g/mol. The highest BCUT2D eigenvalue weighted by molar-refractivity contribution is 7.00. The lowest BCUT2D eigenvalue weighted by molar-refractivity contribution is 1.07. The molecule has 2 aliphatic heterocycles. The summed E-state index contributed by atoms with van der Waals surface area (Å²) in [5.74, 6) is 3.98. The van der Waals surface area contributed by atoms with Crippen molar-refractivity contribution in [1.29, 1.82) is 0 Å². The highest BCUT2D eigenvalue weighted by Crippen LogP contribution is 2.49. The van der Waals surface area contributed by atoms with Crippen LogP contribution < -0.4 is 26.2 Å². The summed E-state index contributed by atoms with van der Waals surface area (Å²) in [5.41, 5.74) is 27.2. The number of anilines is 6. The molecule has 6 heterocycles. The van der Waals surface area contributed by atoms with E-state index in [9.17, 15) is 0 Å². The fourth-order valence-electron chi connectivity index (χ4n) is 16.3. The summed E-state index contributed by atoms with van der Waals surface area (Å²) in [5, 5.41) is 1.93. The molecule has 0 bridgehead atoms. The molecule has 0 unspecified atom stereocenters. The van der Waals surface area contributed by atoms with Crippen molar-refractivity contribution in [2.75, 3.05) is 9.80 Å². The maximum atomic E-state index is 5.45. The van der Waals surface area contributed by atoms with Gasteiger partial charge in [0, 0.05) is 100 Å². The standard InChI is InChI=1S/C100H64BN11/c1-9-29-67(30-10-1)84-64-85(68-31-11-2-12-32-68)103-98(102-84)73-53-57-86(79(61-73)66-51-49-65(50-52-66)78-56-60-91-92-93(78)111(77-43-23-8-24-44-77)90-48-28-26-46-83(90)101(92)82-45-25-27-47-89(82)110(91)76-41-21-7-22-42-76)112-87-58-54-74(99-106-94(69-33-13-3-14-34-69)104-95(107-99)70-35-15-4-16-36-70)62-80(87)81-63-75(55-59-88(81)112)100-108-96(71-37-17-5-18-38-71)105-97(109-100)72-39-19-6-20-40-72/h1-64H. The summed E-state index contributed by atoms with van der Waals surface area (Å²) < 4.78 is 2.40. The van der Waals surface area contributed by atoms with Gasteiger partial charge >= 0.3 is 0 Å². The molecule has 0 atom stereocenters. The second kappa shape index (κ2) is 27.6. The second-order valence-electron chi connectivity index (χ2n) is 28.2. The van der Waals surface area contributed by atoms with E-state index in [0.29, 0.717) is 40.8 Å². The van der Waals surface area contributed by atoms with Crippen LogP contribution >= 0.6 is 0 Å². The van der Waals surface area contributed by atoms with Crippen LogP contribution in [0.15, 0.2) is 388 Å². The Bertz CT molecular complexity index is 6430. The molecule has 0 saturated heterocycles. The Morgan fingerprint density at radius 2 is 0.527 bits per heavy atom. The molecule has 0 saturated carbocycles. The Kier molecular flexibility index (Phi) is 16.1. The van der Waals surface area contributed by atoms with Gasteiger partial charge in [0.15, 0.2) is 40.8 Å². The minimum absolute atomic E-state index is 0.0586. The second-order valence-corrected chi connectivity index (χ2v) is 28.2. The fraction of sp³-hybridized carbons (Fsp3) is 0. The molecule has 0 fully saturated rings. The lowest BCUT2D eigenvalue weighted by Gasteiger charge is -2.45. The third-order valence-corrected chi connectivity index (χ3v) is 21.5. The van der Waals surface area contributed by atoms with Gasteiger partial charge in [-0.3, -0.25) is 0 Å². The van der Waals surface area contributed by atoms with Crippen LogP contribution in [-0.4, -0.2) is 51.2 Å². The summed E-state index contributed by atoms with van der Waals surface area (Å²) in [4.78, 5) is 47.2. The zero-order valence-corrected chi connectivity index (χ0v) is 60.4. The lowest BCUT2D eigenvalue weighted by Crippen LogP contribution is -2.61. The minimum Gasteiger partial charge on any atom is -0.311 e. The maximum Gasteiger partial charge on any atom is 0.252 e. The molecule has 12 heteroatoms. The van der Waals surface area contributed by atoms with Crippen molar-refractivity contribution < 1.29 is 0 Å². The quantitative estimate of drug-likeness (QED) is 0.0975. The molecule has 19 aromatic rings. The van der Waals surface area contributed by atoms with Crippen LogP contribution in [0.2, 0.25) is 0 Å². The van der Waals surface area contributed by atoms with Gasteiger partial charge in [0.2, 0.25) is 0 Å². The first-order valence-corrected chi connectivity index (χ1v) is 37.7. The van der Waals surface area contributed by atoms with Crippen LogP contribution in [0.5, 0.6) is 0 Å². The molecule has 11 nitrogen and oxygen atoms in total. The molecule has 522 valence electrons. The number of rotatable bonds is 14. The van der Waals surface area contributed by atoms with Crippen LogP contribution in [0.25, 0.3) is 152 Å². The minimum atomic E-state index is -0.0586. The molecule has 21 rings (SSSR count). The molecule has 0 spiro atoms. The van der Waals surface area contributed by atoms with Gasteiger partial charge < -0.3 is 14.4 Å². The smallest absolute Gasteiger partial charge is 0.252 e. The van der Waals surface area contributed by atoms with Crippen molar-refractivity contribution in [2.24, 2.45) is 0 Å². The summed E-state index contributed by atoms with van der Waals surface area (Å²) in [7, 11) is 0. The molecule has 0 radical (unpaired) electrons. The van der Waals surface area contributed by atoms with Gasteiger partial charge in [-0.05, 0) is 131 Å². The first kappa shape index (κ1) is 65.2. The predicted molar refractivity (Wildman–Crippen MR) is 457 cm³/mol. The molecule has 112 heavy (non-hydrogen) atoms. The van der Waals surface area contributed by atoms with Gasteiger partial charge in [-0.15, -0.1) is 0 Å². The van der Waals surface area contributed by atoms with Gasteiger partial charge in [0.05, 0.1) is 33.8 Å². The Morgan fingerprint density at radius 3 is 0.964 bits per heavy atom. The third kappa shape index (κ3) is 11.6. The highest BCUT2D eigenvalue weighted by Gasteiger charge is 2.44. The van der Waals surface area contributed by atoms with E-state index < -0.39 is 0 Å². The molecule has 2 aliphatic rings. The van der Waals surface area contributed by atoms with Crippen molar-refractivity contribution in [3.8, 4) is 130 Å². The first-order valence-electron chi connectivity index (χ1n) is 37.7. The van der Waals surface area contributed by atoms with Crippen LogP contribution in [0.1, 0.15) is 0 Å². The van der Waals surface area contributed by atoms with Crippen LogP contribution in [-0.2, 0) is 0 Å². The number of para-hydroxylation sites is 4. The molecular weight excluding hydrogens is 1370 g/mol. The summed E-state index contributed by atoms with van der Waals surface area (Å²) in [6.07, 6.45) is 0. The average Bonchev–Trinajstić information content (AvgIpc) is 0.899. The van der Waals surface area contributed by atoms with E-state index in [0.717, 1.165) is 140 Å². The van der Waals surface area contributed by atoms with E-state index in [2.05, 4.69) is 269 Å². The van der Waals surface area contributed by atoms with Gasteiger partial charge in [0.1, 0.15) is 0 Å². The summed E-state index contributed by atoms with van der Waals surface area (Å²) in [6.45, 7) is -0.0586. The molecule has 15 aromatic carbocycles. The molecule has 0 amide bonds. The van der Waals surface area contributed by atoms with Crippen molar-refractivity contribution in [1.82, 2.24) is 44.4 Å². The zero-order valence-electron chi connectivity index (χ0n) is 60.4. The van der Waals surface area contributed by atoms with Crippen LogP contribution in [0.4, 0.5) is 34.1 Å². The molecular formula is C100H64BN11. The van der Waals surface area contributed by atoms with Crippen LogP contribution in [0, 0.1) is 0 Å². The van der Waals surface area contributed by atoms with E-state index in [1.54, 1.807) is 0 Å². The average molecular weight is 1430 g/mol. The van der Waals surface area contributed by atoms with E-state index in [1.807, 2.05) is 133 Å². The number of hydrogen-bond acceptors (Lipinski definition) is 10. The van der Waals surface area contributed by atoms with Gasteiger partial charge in [-0.1, -0.05) is 285 Å². The predicted octanol–water partition coefficient (Wildman–Crippen LogP) is 22.4. The Balaban J connectivity index is 0.799. The molecule has 0 N–H and O–H groups in total.